The molecule has 0 spiro atoms. The zero-order valence-electron chi connectivity index (χ0n) is 9.14. The number of carbonyl (C=O) groups excluding carboxylic acids is 2. The highest BCUT2D eigenvalue weighted by atomic mass is 19.2. The smallest absolute Gasteiger partial charge is 0.344 e. The van der Waals surface area contributed by atoms with E-state index in [9.17, 15) is 27.2 Å². The van der Waals surface area contributed by atoms with Gasteiger partial charge in [0.05, 0.1) is 7.11 Å². The monoisotopic (exact) mass is 266 g/mol. The summed E-state index contributed by atoms with van der Waals surface area (Å²) in [7, 11) is 0.775. The van der Waals surface area contributed by atoms with Gasteiger partial charge in [0, 0.05) is 6.92 Å². The Kier molecular flexibility index (Phi) is 3.89. The number of benzene rings is 1. The van der Waals surface area contributed by atoms with E-state index >= 15 is 0 Å². The van der Waals surface area contributed by atoms with Gasteiger partial charge in [-0.05, 0) is 0 Å². The summed E-state index contributed by atoms with van der Waals surface area (Å²) >= 11 is 0. The van der Waals surface area contributed by atoms with Crippen LogP contribution >= 0.6 is 0 Å². The van der Waals surface area contributed by atoms with E-state index in [-0.39, 0.29) is 0 Å². The van der Waals surface area contributed by atoms with E-state index in [1.54, 1.807) is 0 Å². The summed E-state index contributed by atoms with van der Waals surface area (Å²) in [4.78, 5) is 21.5. The van der Waals surface area contributed by atoms with Crippen molar-refractivity contribution in [2.45, 2.75) is 6.92 Å². The summed E-state index contributed by atoms with van der Waals surface area (Å²) in [5.41, 5.74) is -1.54. The Balaban J connectivity index is 3.55. The Hall–Kier alpha value is -2.12. The zero-order valence-corrected chi connectivity index (χ0v) is 9.14. The van der Waals surface area contributed by atoms with Crippen molar-refractivity contribution in [2.24, 2.45) is 0 Å². The highest BCUT2D eigenvalue weighted by Crippen LogP contribution is 2.30. The molecular weight excluding hydrogens is 260 g/mol. The fraction of sp³-hybridized carbons (Fsp3) is 0.200. The maximum absolute atomic E-state index is 13.3. The van der Waals surface area contributed by atoms with Gasteiger partial charge in [0.15, 0.2) is 11.6 Å². The molecule has 0 saturated carbocycles. The van der Waals surface area contributed by atoms with Crippen LogP contribution in [0.2, 0.25) is 0 Å². The third-order valence-electron chi connectivity index (χ3n) is 1.86. The maximum atomic E-state index is 13.3. The molecule has 1 aromatic rings. The average Bonchev–Trinajstić information content (AvgIpc) is 2.31. The number of methoxy groups -OCH3 is 1. The molecule has 8 heteroatoms. The van der Waals surface area contributed by atoms with Crippen molar-refractivity contribution in [3.63, 3.8) is 0 Å². The summed E-state index contributed by atoms with van der Waals surface area (Å²) in [5, 5.41) is 0. The second-order valence-electron chi connectivity index (χ2n) is 3.05. The predicted octanol–water partition coefficient (Wildman–Crippen LogP) is 1.95. The molecule has 0 amide bonds. The van der Waals surface area contributed by atoms with Gasteiger partial charge in [-0.25, -0.2) is 13.6 Å². The average molecular weight is 266 g/mol. The molecule has 0 aliphatic carbocycles. The van der Waals surface area contributed by atoms with Crippen LogP contribution in [0, 0.1) is 23.3 Å². The molecule has 0 saturated heterocycles. The minimum absolute atomic E-state index is 0.775. The third kappa shape index (κ3) is 2.27. The van der Waals surface area contributed by atoms with Gasteiger partial charge in [-0.2, -0.15) is 8.78 Å². The second-order valence-corrected chi connectivity index (χ2v) is 3.05. The quantitative estimate of drug-likeness (QED) is 0.355. The minimum atomic E-state index is -2.00. The van der Waals surface area contributed by atoms with Crippen LogP contribution in [0.3, 0.4) is 0 Å². The molecule has 0 atom stereocenters. The van der Waals surface area contributed by atoms with Crippen molar-refractivity contribution in [2.75, 3.05) is 7.11 Å². The van der Waals surface area contributed by atoms with E-state index in [1.165, 1.54) is 0 Å². The van der Waals surface area contributed by atoms with Gasteiger partial charge in [-0.3, -0.25) is 4.79 Å². The van der Waals surface area contributed by atoms with E-state index in [2.05, 4.69) is 9.47 Å². The number of ether oxygens (including phenoxy) is 2. The summed E-state index contributed by atoms with van der Waals surface area (Å²) < 4.78 is 61.2. The first-order chi connectivity index (χ1) is 8.31. The molecule has 0 aliphatic heterocycles. The molecule has 4 nitrogen and oxygen atoms in total. The van der Waals surface area contributed by atoms with E-state index in [0.717, 1.165) is 14.0 Å². The lowest BCUT2D eigenvalue weighted by molar-refractivity contribution is -0.132. The van der Waals surface area contributed by atoms with Crippen LogP contribution in [0.5, 0.6) is 5.75 Å². The van der Waals surface area contributed by atoms with Crippen molar-refractivity contribution in [3.05, 3.63) is 28.8 Å². The number of esters is 2. The zero-order chi connectivity index (χ0) is 14.0. The molecule has 0 aliphatic rings. The van der Waals surface area contributed by atoms with Crippen molar-refractivity contribution in [1.82, 2.24) is 0 Å². The van der Waals surface area contributed by atoms with Gasteiger partial charge in [0.2, 0.25) is 17.4 Å². The molecule has 0 N–H and O–H groups in total. The van der Waals surface area contributed by atoms with Crippen LogP contribution in [-0.4, -0.2) is 19.0 Å². The van der Waals surface area contributed by atoms with Gasteiger partial charge >= 0.3 is 11.9 Å². The normalized spacial score (nSPS) is 10.1. The van der Waals surface area contributed by atoms with Crippen LogP contribution in [0.25, 0.3) is 0 Å². The predicted molar refractivity (Wildman–Crippen MR) is 48.9 cm³/mol. The van der Waals surface area contributed by atoms with Gasteiger partial charge < -0.3 is 9.47 Å². The van der Waals surface area contributed by atoms with Crippen LogP contribution < -0.4 is 4.74 Å². The topological polar surface area (TPSA) is 52.6 Å². The largest absolute Gasteiger partial charge is 0.465 e. The highest BCUT2D eigenvalue weighted by Gasteiger charge is 2.31. The molecule has 0 unspecified atom stereocenters. The van der Waals surface area contributed by atoms with Gasteiger partial charge in [-0.1, -0.05) is 0 Å². The van der Waals surface area contributed by atoms with Gasteiger partial charge in [0.25, 0.3) is 0 Å². The van der Waals surface area contributed by atoms with Crippen LogP contribution in [0.15, 0.2) is 0 Å². The molecule has 1 aromatic carbocycles. The van der Waals surface area contributed by atoms with Crippen molar-refractivity contribution in [1.29, 1.82) is 0 Å². The summed E-state index contributed by atoms with van der Waals surface area (Å²) in [6.07, 6.45) is 0. The van der Waals surface area contributed by atoms with E-state index in [4.69, 9.17) is 0 Å². The summed E-state index contributed by atoms with van der Waals surface area (Å²) in [6, 6.07) is 0. The van der Waals surface area contributed by atoms with Crippen LogP contribution in [0.4, 0.5) is 17.6 Å². The molecule has 18 heavy (non-hydrogen) atoms. The second kappa shape index (κ2) is 5.03. The fourth-order valence-corrected chi connectivity index (χ4v) is 1.13. The number of hydrogen-bond donors (Lipinski definition) is 0. The number of hydrogen-bond acceptors (Lipinski definition) is 4. The van der Waals surface area contributed by atoms with Crippen molar-refractivity contribution >= 4 is 11.9 Å². The molecular formula is C10H6F4O4. The minimum Gasteiger partial charge on any atom is -0.465 e. The van der Waals surface area contributed by atoms with Crippen LogP contribution in [0.1, 0.15) is 17.3 Å². The van der Waals surface area contributed by atoms with Crippen LogP contribution in [-0.2, 0) is 9.53 Å². The SMILES string of the molecule is COC(=O)c1c(F)c(F)c(OC(C)=O)c(F)c1F. The van der Waals surface area contributed by atoms with Crippen molar-refractivity contribution < 1.29 is 36.6 Å². The Labute approximate surface area is 98.1 Å². The van der Waals surface area contributed by atoms with E-state index in [1.807, 2.05) is 0 Å². The molecule has 98 valence electrons. The van der Waals surface area contributed by atoms with Gasteiger partial charge in [0.1, 0.15) is 5.56 Å². The standard InChI is InChI=1S/C10H6F4O4/c1-3(15)18-9-7(13)5(11)4(10(16)17-2)6(12)8(9)14/h1-2H3. The lowest BCUT2D eigenvalue weighted by Crippen LogP contribution is -2.15. The fourth-order valence-electron chi connectivity index (χ4n) is 1.13. The molecule has 0 aromatic heterocycles. The maximum Gasteiger partial charge on any atom is 0.344 e. The summed E-state index contributed by atoms with van der Waals surface area (Å²) in [5.74, 6) is -12.3. The summed E-state index contributed by atoms with van der Waals surface area (Å²) in [6.45, 7) is 0.781. The number of rotatable bonds is 2. The molecule has 1 rings (SSSR count). The molecule has 0 fully saturated rings. The first-order valence-electron chi connectivity index (χ1n) is 4.43. The Morgan fingerprint density at radius 3 is 1.72 bits per heavy atom. The molecule has 0 radical (unpaired) electrons. The Bertz CT molecular complexity index is 498. The molecule has 0 heterocycles. The third-order valence-corrected chi connectivity index (χ3v) is 1.86. The number of carbonyl (C=O) groups is 2. The Morgan fingerprint density at radius 2 is 1.39 bits per heavy atom. The van der Waals surface area contributed by atoms with Gasteiger partial charge in [-0.15, -0.1) is 0 Å². The first kappa shape index (κ1) is 13.9. The first-order valence-corrected chi connectivity index (χ1v) is 4.43. The lowest BCUT2D eigenvalue weighted by Gasteiger charge is -2.09. The van der Waals surface area contributed by atoms with E-state index in [0.29, 0.717) is 0 Å². The highest BCUT2D eigenvalue weighted by molar-refractivity contribution is 5.90. The van der Waals surface area contributed by atoms with Crippen molar-refractivity contribution in [3.8, 4) is 5.75 Å². The number of halogens is 4. The lowest BCUT2D eigenvalue weighted by atomic mass is 10.1. The Morgan fingerprint density at radius 1 is 0.944 bits per heavy atom. The van der Waals surface area contributed by atoms with E-state index < -0.39 is 46.5 Å². The molecule has 0 bridgehead atoms.